The number of β-amino-alcohol motifs (C(OH)–C–C–N with tert-alkyl or cyclic N) is 1. The van der Waals surface area contributed by atoms with Crippen LogP contribution in [0.1, 0.15) is 32.4 Å². The summed E-state index contributed by atoms with van der Waals surface area (Å²) in [6.07, 6.45) is -0.758. The first-order chi connectivity index (χ1) is 8.24. The van der Waals surface area contributed by atoms with E-state index in [1.165, 1.54) is 13.2 Å². The maximum absolute atomic E-state index is 10.1. The van der Waals surface area contributed by atoms with Crippen LogP contribution >= 0.6 is 11.6 Å². The number of hydrogen-bond acceptors (Lipinski definition) is 4. The van der Waals surface area contributed by atoms with E-state index in [4.69, 9.17) is 16.3 Å². The second kappa shape index (κ2) is 5.78. The first-order valence-corrected chi connectivity index (χ1v) is 6.12. The molecule has 0 aliphatic heterocycles. The van der Waals surface area contributed by atoms with Gasteiger partial charge in [-0.25, -0.2) is 0 Å². The molecule has 0 fully saturated rings. The first-order valence-electron chi connectivity index (χ1n) is 5.74. The number of phenolic OH excluding ortho intramolecular Hbond substituents is 1. The lowest BCUT2D eigenvalue weighted by Crippen LogP contribution is -2.38. The van der Waals surface area contributed by atoms with E-state index in [0.717, 1.165) is 0 Å². The molecule has 102 valence electrons. The highest BCUT2D eigenvalue weighted by Crippen LogP contribution is 2.34. The number of halogens is 1. The van der Waals surface area contributed by atoms with Crippen molar-refractivity contribution < 1.29 is 14.9 Å². The van der Waals surface area contributed by atoms with Gasteiger partial charge in [0.15, 0.2) is 11.5 Å². The van der Waals surface area contributed by atoms with E-state index >= 15 is 0 Å². The number of methoxy groups -OCH3 is 1. The second-order valence-electron chi connectivity index (χ2n) is 5.19. The Balaban J connectivity index is 2.88. The summed E-state index contributed by atoms with van der Waals surface area (Å²) in [4.78, 5) is 0. The van der Waals surface area contributed by atoms with Crippen LogP contribution in [0.25, 0.3) is 0 Å². The van der Waals surface area contributed by atoms with Gasteiger partial charge in [0.1, 0.15) is 0 Å². The van der Waals surface area contributed by atoms with Gasteiger partial charge in [0.25, 0.3) is 0 Å². The maximum Gasteiger partial charge on any atom is 0.160 e. The van der Waals surface area contributed by atoms with Crippen molar-refractivity contribution in [2.24, 2.45) is 0 Å². The highest BCUT2D eigenvalue weighted by molar-refractivity contribution is 6.31. The molecule has 1 unspecified atom stereocenters. The maximum atomic E-state index is 10.1. The van der Waals surface area contributed by atoms with Crippen LogP contribution in [0.2, 0.25) is 5.02 Å². The number of hydrogen-bond donors (Lipinski definition) is 3. The highest BCUT2D eigenvalue weighted by atomic mass is 35.5. The monoisotopic (exact) mass is 273 g/mol. The fourth-order valence-corrected chi connectivity index (χ4v) is 1.77. The molecular formula is C13H20ClNO3. The minimum atomic E-state index is -0.758. The van der Waals surface area contributed by atoms with Gasteiger partial charge in [-0.15, -0.1) is 0 Å². The van der Waals surface area contributed by atoms with Crippen molar-refractivity contribution in [1.82, 2.24) is 5.32 Å². The van der Waals surface area contributed by atoms with Gasteiger partial charge >= 0.3 is 0 Å². The standard InChI is InChI=1S/C13H20ClNO3/c1-13(2,3)15-7-11(17)8-5-12(18-4)10(16)6-9(8)14/h5-6,11,15-17H,7H2,1-4H3. The van der Waals surface area contributed by atoms with E-state index in [0.29, 0.717) is 22.9 Å². The molecule has 1 rings (SSSR count). The number of aliphatic hydroxyl groups is 1. The molecule has 1 aromatic rings. The summed E-state index contributed by atoms with van der Waals surface area (Å²) in [5, 5.41) is 23.1. The molecule has 0 amide bonds. The third-order valence-electron chi connectivity index (χ3n) is 2.48. The molecule has 3 N–H and O–H groups in total. The molecule has 0 saturated heterocycles. The summed E-state index contributed by atoms with van der Waals surface area (Å²) in [6, 6.07) is 2.92. The number of aromatic hydroxyl groups is 1. The fourth-order valence-electron chi connectivity index (χ4n) is 1.49. The van der Waals surface area contributed by atoms with E-state index in [-0.39, 0.29) is 11.3 Å². The quantitative estimate of drug-likeness (QED) is 0.789. The Kier molecular flexibility index (Phi) is 4.85. The summed E-state index contributed by atoms with van der Waals surface area (Å²) < 4.78 is 5.00. The van der Waals surface area contributed by atoms with Gasteiger partial charge in [0.2, 0.25) is 0 Å². The number of benzene rings is 1. The summed E-state index contributed by atoms with van der Waals surface area (Å²) in [5.41, 5.74) is 0.442. The lowest BCUT2D eigenvalue weighted by Gasteiger charge is -2.23. The van der Waals surface area contributed by atoms with Gasteiger partial charge in [-0.3, -0.25) is 0 Å². The topological polar surface area (TPSA) is 61.7 Å². The molecule has 1 atom stereocenters. The van der Waals surface area contributed by atoms with Crippen LogP contribution in [-0.4, -0.2) is 29.4 Å². The summed E-state index contributed by atoms with van der Waals surface area (Å²) >= 11 is 6.00. The molecule has 18 heavy (non-hydrogen) atoms. The van der Waals surface area contributed by atoms with Crippen molar-refractivity contribution >= 4 is 11.6 Å². The Labute approximate surface area is 113 Å². The van der Waals surface area contributed by atoms with Crippen LogP contribution in [0.4, 0.5) is 0 Å². The molecule has 0 spiro atoms. The zero-order valence-electron chi connectivity index (χ0n) is 11.1. The highest BCUT2D eigenvalue weighted by Gasteiger charge is 2.18. The number of phenols is 1. The van der Waals surface area contributed by atoms with E-state index in [1.807, 2.05) is 20.8 Å². The van der Waals surface area contributed by atoms with Crippen molar-refractivity contribution in [1.29, 1.82) is 0 Å². The van der Waals surface area contributed by atoms with Crippen molar-refractivity contribution in [3.05, 3.63) is 22.7 Å². The first kappa shape index (κ1) is 15.1. The molecule has 0 aliphatic carbocycles. The zero-order chi connectivity index (χ0) is 13.9. The number of nitrogens with one attached hydrogen (secondary N) is 1. The van der Waals surface area contributed by atoms with Crippen LogP contribution in [0.15, 0.2) is 12.1 Å². The molecule has 5 heteroatoms. The van der Waals surface area contributed by atoms with Gasteiger partial charge in [0.05, 0.1) is 18.2 Å². The molecule has 0 radical (unpaired) electrons. The molecular weight excluding hydrogens is 254 g/mol. The van der Waals surface area contributed by atoms with Crippen LogP contribution < -0.4 is 10.1 Å². The summed E-state index contributed by atoms with van der Waals surface area (Å²) in [7, 11) is 1.45. The summed E-state index contributed by atoms with van der Waals surface area (Å²) in [6.45, 7) is 6.41. The van der Waals surface area contributed by atoms with E-state index < -0.39 is 6.10 Å². The Morgan fingerprint density at radius 3 is 2.50 bits per heavy atom. The molecule has 4 nitrogen and oxygen atoms in total. The lowest BCUT2D eigenvalue weighted by atomic mass is 10.1. The lowest BCUT2D eigenvalue weighted by molar-refractivity contribution is 0.163. The predicted molar refractivity (Wildman–Crippen MR) is 72.4 cm³/mol. The van der Waals surface area contributed by atoms with Gasteiger partial charge in [-0.1, -0.05) is 11.6 Å². The number of aliphatic hydroxyl groups excluding tert-OH is 1. The van der Waals surface area contributed by atoms with Gasteiger partial charge in [-0.05, 0) is 26.8 Å². The molecule has 1 aromatic carbocycles. The summed E-state index contributed by atoms with van der Waals surface area (Å²) in [5.74, 6) is 0.256. The Morgan fingerprint density at radius 2 is 2.00 bits per heavy atom. The zero-order valence-corrected chi connectivity index (χ0v) is 11.9. The van der Waals surface area contributed by atoms with E-state index in [2.05, 4.69) is 5.32 Å². The SMILES string of the molecule is COc1cc(C(O)CNC(C)(C)C)c(Cl)cc1O. The smallest absolute Gasteiger partial charge is 0.160 e. The van der Waals surface area contributed by atoms with Crippen molar-refractivity contribution in [3.63, 3.8) is 0 Å². The fraction of sp³-hybridized carbons (Fsp3) is 0.538. The van der Waals surface area contributed by atoms with Gasteiger partial charge < -0.3 is 20.3 Å². The van der Waals surface area contributed by atoms with E-state index in [9.17, 15) is 10.2 Å². The van der Waals surface area contributed by atoms with Crippen LogP contribution in [-0.2, 0) is 0 Å². The Hall–Kier alpha value is -0.970. The van der Waals surface area contributed by atoms with Gasteiger partial charge in [0, 0.05) is 23.7 Å². The van der Waals surface area contributed by atoms with Gasteiger partial charge in [-0.2, -0.15) is 0 Å². The van der Waals surface area contributed by atoms with Crippen LogP contribution in [0.5, 0.6) is 11.5 Å². The molecule has 0 bridgehead atoms. The molecule has 0 aliphatic rings. The predicted octanol–water partition coefficient (Wildman–Crippen LogP) is 2.48. The molecule has 0 aromatic heterocycles. The largest absolute Gasteiger partial charge is 0.504 e. The molecule has 0 heterocycles. The minimum absolute atomic E-state index is 0.0396. The van der Waals surface area contributed by atoms with Crippen LogP contribution in [0, 0.1) is 0 Å². The van der Waals surface area contributed by atoms with Crippen molar-refractivity contribution in [2.75, 3.05) is 13.7 Å². The third kappa shape index (κ3) is 4.05. The molecule has 0 saturated carbocycles. The van der Waals surface area contributed by atoms with Crippen LogP contribution in [0.3, 0.4) is 0 Å². The number of ether oxygens (including phenoxy) is 1. The average Bonchev–Trinajstić information content (AvgIpc) is 2.25. The second-order valence-corrected chi connectivity index (χ2v) is 5.60. The Bertz CT molecular complexity index is 415. The normalized spacial score (nSPS) is 13.4. The third-order valence-corrected chi connectivity index (χ3v) is 2.81. The Morgan fingerprint density at radius 1 is 1.39 bits per heavy atom. The minimum Gasteiger partial charge on any atom is -0.504 e. The van der Waals surface area contributed by atoms with E-state index in [1.54, 1.807) is 6.07 Å². The van der Waals surface area contributed by atoms with Crippen molar-refractivity contribution in [2.45, 2.75) is 32.4 Å². The number of rotatable bonds is 4. The van der Waals surface area contributed by atoms with Crippen molar-refractivity contribution in [3.8, 4) is 11.5 Å². The average molecular weight is 274 g/mol.